The molecular weight excluding hydrogens is 236 g/mol. The molecule has 0 bridgehead atoms. The predicted octanol–water partition coefficient (Wildman–Crippen LogP) is 2.90. The van der Waals surface area contributed by atoms with Gasteiger partial charge in [0.05, 0.1) is 6.10 Å². The lowest BCUT2D eigenvalue weighted by molar-refractivity contribution is -0.0168. The van der Waals surface area contributed by atoms with Crippen LogP contribution in [0.5, 0.6) is 0 Å². The van der Waals surface area contributed by atoms with E-state index in [0.717, 1.165) is 32.7 Å². The quantitative estimate of drug-likeness (QED) is 0.652. The maximum Gasteiger partial charge on any atom is 0.0702 e. The van der Waals surface area contributed by atoms with Gasteiger partial charge in [0.1, 0.15) is 0 Å². The van der Waals surface area contributed by atoms with Crippen LogP contribution in [0.1, 0.15) is 53.4 Å². The second-order valence-electron chi connectivity index (χ2n) is 6.05. The summed E-state index contributed by atoms with van der Waals surface area (Å²) in [6.07, 6.45) is 5.34. The smallest absolute Gasteiger partial charge is 0.0702 e. The van der Waals surface area contributed by atoms with E-state index in [4.69, 9.17) is 4.74 Å². The Balaban J connectivity index is 2.31. The molecule has 1 saturated heterocycles. The third-order valence-electron chi connectivity index (χ3n) is 4.26. The van der Waals surface area contributed by atoms with E-state index >= 15 is 0 Å². The minimum absolute atomic E-state index is 0.465. The van der Waals surface area contributed by atoms with E-state index in [9.17, 15) is 0 Å². The molecule has 0 amide bonds. The highest BCUT2D eigenvalue weighted by atomic mass is 16.5. The maximum absolute atomic E-state index is 5.93. The first-order chi connectivity index (χ1) is 9.19. The number of hydrogen-bond donors (Lipinski definition) is 1. The summed E-state index contributed by atoms with van der Waals surface area (Å²) in [4.78, 5) is 2.63. The summed E-state index contributed by atoms with van der Waals surface area (Å²) >= 11 is 0. The van der Waals surface area contributed by atoms with Crippen molar-refractivity contribution in [2.75, 3.05) is 32.8 Å². The second-order valence-corrected chi connectivity index (χ2v) is 6.05. The van der Waals surface area contributed by atoms with Gasteiger partial charge in [0.2, 0.25) is 0 Å². The van der Waals surface area contributed by atoms with Crippen LogP contribution >= 0.6 is 0 Å². The molecule has 0 aromatic rings. The highest BCUT2D eigenvalue weighted by Gasteiger charge is 2.26. The standard InChI is InChI=1S/C16H34N2O/c1-5-9-17-12-14(3)15(4)18-10-7-8-16(13-18)19-11-6-2/h14-17H,5-13H2,1-4H3. The molecule has 1 heterocycles. The lowest BCUT2D eigenvalue weighted by atomic mass is 9.98. The molecule has 1 aliphatic rings. The van der Waals surface area contributed by atoms with E-state index in [0.29, 0.717) is 18.1 Å². The van der Waals surface area contributed by atoms with Crippen molar-refractivity contribution in [3.05, 3.63) is 0 Å². The molecule has 0 aromatic heterocycles. The maximum atomic E-state index is 5.93. The Labute approximate surface area is 120 Å². The van der Waals surface area contributed by atoms with Crippen molar-refractivity contribution in [1.82, 2.24) is 10.2 Å². The van der Waals surface area contributed by atoms with Gasteiger partial charge in [-0.15, -0.1) is 0 Å². The lowest BCUT2D eigenvalue weighted by Crippen LogP contribution is -2.48. The van der Waals surface area contributed by atoms with Gasteiger partial charge >= 0.3 is 0 Å². The number of ether oxygens (including phenoxy) is 1. The minimum atomic E-state index is 0.465. The van der Waals surface area contributed by atoms with Crippen molar-refractivity contribution in [1.29, 1.82) is 0 Å². The van der Waals surface area contributed by atoms with E-state index in [1.54, 1.807) is 0 Å². The van der Waals surface area contributed by atoms with Gasteiger partial charge in [-0.1, -0.05) is 20.8 Å². The number of likely N-dealkylation sites (tertiary alicyclic amines) is 1. The zero-order valence-electron chi connectivity index (χ0n) is 13.5. The van der Waals surface area contributed by atoms with Crippen molar-refractivity contribution in [3.63, 3.8) is 0 Å². The minimum Gasteiger partial charge on any atom is -0.377 e. The molecule has 3 nitrogen and oxygen atoms in total. The fourth-order valence-corrected chi connectivity index (χ4v) is 2.79. The number of nitrogens with zero attached hydrogens (tertiary/aromatic N) is 1. The Morgan fingerprint density at radius 2 is 2.05 bits per heavy atom. The van der Waals surface area contributed by atoms with Gasteiger partial charge in [0.25, 0.3) is 0 Å². The van der Waals surface area contributed by atoms with Gasteiger partial charge in [-0.2, -0.15) is 0 Å². The van der Waals surface area contributed by atoms with Crippen LogP contribution in [-0.4, -0.2) is 49.8 Å². The molecule has 19 heavy (non-hydrogen) atoms. The van der Waals surface area contributed by atoms with E-state index in [2.05, 4.69) is 37.9 Å². The number of rotatable bonds is 9. The van der Waals surface area contributed by atoms with Gasteiger partial charge in [-0.3, -0.25) is 4.90 Å². The molecule has 1 rings (SSSR count). The molecule has 0 spiro atoms. The van der Waals surface area contributed by atoms with Crippen molar-refractivity contribution in [2.45, 2.75) is 65.5 Å². The fraction of sp³-hybridized carbons (Fsp3) is 1.00. The predicted molar refractivity (Wildman–Crippen MR) is 82.6 cm³/mol. The van der Waals surface area contributed by atoms with Crippen molar-refractivity contribution < 1.29 is 4.74 Å². The summed E-state index contributed by atoms with van der Waals surface area (Å²) in [5, 5.41) is 3.54. The van der Waals surface area contributed by atoms with Gasteiger partial charge in [0, 0.05) is 19.2 Å². The highest BCUT2D eigenvalue weighted by molar-refractivity contribution is 4.81. The summed E-state index contributed by atoms with van der Waals surface area (Å²) in [5.41, 5.74) is 0. The number of nitrogens with one attached hydrogen (secondary N) is 1. The largest absolute Gasteiger partial charge is 0.377 e. The summed E-state index contributed by atoms with van der Waals surface area (Å²) in [6.45, 7) is 14.7. The normalized spacial score (nSPS) is 24.3. The summed E-state index contributed by atoms with van der Waals surface area (Å²) in [6, 6.07) is 0.650. The van der Waals surface area contributed by atoms with Crippen LogP contribution in [0.15, 0.2) is 0 Å². The third-order valence-corrected chi connectivity index (χ3v) is 4.26. The summed E-state index contributed by atoms with van der Waals surface area (Å²) in [5.74, 6) is 0.705. The summed E-state index contributed by atoms with van der Waals surface area (Å²) in [7, 11) is 0. The molecular formula is C16H34N2O. The van der Waals surface area contributed by atoms with E-state index in [1.165, 1.54) is 25.8 Å². The Kier molecular flexibility index (Phi) is 8.67. The average molecular weight is 270 g/mol. The molecule has 0 aliphatic carbocycles. The third kappa shape index (κ3) is 6.24. The zero-order valence-corrected chi connectivity index (χ0v) is 13.5. The van der Waals surface area contributed by atoms with Gasteiger partial charge < -0.3 is 10.1 Å². The Bertz CT molecular complexity index is 223. The second kappa shape index (κ2) is 9.73. The monoisotopic (exact) mass is 270 g/mol. The number of piperidine rings is 1. The molecule has 3 atom stereocenters. The van der Waals surface area contributed by atoms with Gasteiger partial charge in [-0.25, -0.2) is 0 Å². The van der Waals surface area contributed by atoms with Crippen LogP contribution in [-0.2, 0) is 4.74 Å². The van der Waals surface area contributed by atoms with Crippen LogP contribution in [0.25, 0.3) is 0 Å². The molecule has 114 valence electrons. The average Bonchev–Trinajstić information content (AvgIpc) is 2.44. The Morgan fingerprint density at radius 3 is 2.74 bits per heavy atom. The molecule has 3 heteroatoms. The van der Waals surface area contributed by atoms with Gasteiger partial charge in [0.15, 0.2) is 0 Å². The van der Waals surface area contributed by atoms with Crippen molar-refractivity contribution in [2.24, 2.45) is 5.92 Å². The van der Waals surface area contributed by atoms with Crippen molar-refractivity contribution in [3.8, 4) is 0 Å². The first kappa shape index (κ1) is 16.9. The van der Waals surface area contributed by atoms with Crippen molar-refractivity contribution >= 4 is 0 Å². The molecule has 0 radical (unpaired) electrons. The van der Waals surface area contributed by atoms with Crippen LogP contribution in [0, 0.1) is 5.92 Å². The molecule has 1 fully saturated rings. The van der Waals surface area contributed by atoms with Crippen LogP contribution in [0.2, 0.25) is 0 Å². The zero-order chi connectivity index (χ0) is 14.1. The van der Waals surface area contributed by atoms with Crippen LogP contribution in [0.3, 0.4) is 0 Å². The highest BCUT2D eigenvalue weighted by Crippen LogP contribution is 2.19. The Morgan fingerprint density at radius 1 is 1.26 bits per heavy atom. The molecule has 0 saturated carbocycles. The van der Waals surface area contributed by atoms with Crippen LogP contribution < -0.4 is 5.32 Å². The van der Waals surface area contributed by atoms with E-state index in [-0.39, 0.29) is 0 Å². The number of hydrogen-bond acceptors (Lipinski definition) is 3. The first-order valence-corrected chi connectivity index (χ1v) is 8.25. The molecule has 3 unspecified atom stereocenters. The topological polar surface area (TPSA) is 24.5 Å². The SMILES string of the molecule is CCCNCC(C)C(C)N1CCCC(OCCC)C1. The molecule has 0 aromatic carbocycles. The molecule has 1 aliphatic heterocycles. The van der Waals surface area contributed by atoms with Crippen LogP contribution in [0.4, 0.5) is 0 Å². The lowest BCUT2D eigenvalue weighted by Gasteiger charge is -2.39. The van der Waals surface area contributed by atoms with E-state index < -0.39 is 0 Å². The molecule has 1 N–H and O–H groups in total. The Hall–Kier alpha value is -0.120. The van der Waals surface area contributed by atoms with E-state index in [1.807, 2.05) is 0 Å². The fourth-order valence-electron chi connectivity index (χ4n) is 2.79. The summed E-state index contributed by atoms with van der Waals surface area (Å²) < 4.78 is 5.93. The van der Waals surface area contributed by atoms with Gasteiger partial charge in [-0.05, 0) is 58.2 Å². The first-order valence-electron chi connectivity index (χ1n) is 8.25.